The van der Waals surface area contributed by atoms with Gasteiger partial charge in [0.05, 0.1) is 0 Å². The van der Waals surface area contributed by atoms with Crippen LogP contribution in [-0.2, 0) is 22.4 Å². The van der Waals surface area contributed by atoms with Gasteiger partial charge in [-0.15, -0.1) is 0 Å². The Labute approximate surface area is 160 Å². The lowest BCUT2D eigenvalue weighted by Gasteiger charge is -2.14. The average molecular weight is 365 g/mol. The summed E-state index contributed by atoms with van der Waals surface area (Å²) in [5.41, 5.74) is 6.19. The van der Waals surface area contributed by atoms with Crippen LogP contribution in [0.2, 0.25) is 0 Å². The number of benzene rings is 1. The molecule has 0 aliphatic carbocycles. The van der Waals surface area contributed by atoms with Crippen LogP contribution >= 0.6 is 0 Å². The number of hydrogen-bond donors (Lipinski definition) is 0. The minimum absolute atomic E-state index is 0.129. The Morgan fingerprint density at radius 3 is 2.48 bits per heavy atom. The van der Waals surface area contributed by atoms with Crippen LogP contribution < -0.4 is 0 Å². The van der Waals surface area contributed by atoms with Crippen molar-refractivity contribution in [3.8, 4) is 5.69 Å². The van der Waals surface area contributed by atoms with Crippen molar-refractivity contribution in [2.45, 2.75) is 60.0 Å². The van der Waals surface area contributed by atoms with Crippen molar-refractivity contribution in [3.05, 3.63) is 53.0 Å². The molecule has 27 heavy (non-hydrogen) atoms. The molecule has 2 aromatic heterocycles. The summed E-state index contributed by atoms with van der Waals surface area (Å²) in [6.45, 7) is 9.93. The first kappa shape index (κ1) is 19.1. The summed E-state index contributed by atoms with van der Waals surface area (Å²) in [5.74, 6) is 0.845. The number of aromatic nitrogens is 3. The molecule has 0 fully saturated rings. The van der Waals surface area contributed by atoms with E-state index in [0.29, 0.717) is 12.8 Å². The van der Waals surface area contributed by atoms with Gasteiger partial charge in [-0.05, 0) is 50.1 Å². The molecule has 0 N–H and O–H groups in total. The van der Waals surface area contributed by atoms with Crippen molar-refractivity contribution in [2.24, 2.45) is 0 Å². The van der Waals surface area contributed by atoms with Crippen LogP contribution in [0.1, 0.15) is 49.8 Å². The van der Waals surface area contributed by atoms with E-state index in [1.165, 1.54) is 0 Å². The Hall–Kier alpha value is -2.69. The van der Waals surface area contributed by atoms with Crippen molar-refractivity contribution in [3.63, 3.8) is 0 Å². The Balaban J connectivity index is 1.92. The Kier molecular flexibility index (Phi) is 5.59. The van der Waals surface area contributed by atoms with Crippen LogP contribution in [0, 0.1) is 13.8 Å². The zero-order valence-electron chi connectivity index (χ0n) is 16.7. The van der Waals surface area contributed by atoms with E-state index in [0.717, 1.165) is 45.9 Å². The first-order valence-corrected chi connectivity index (χ1v) is 9.57. The van der Waals surface area contributed by atoms with Crippen molar-refractivity contribution in [1.82, 2.24) is 14.5 Å². The summed E-state index contributed by atoms with van der Waals surface area (Å²) in [7, 11) is 0. The summed E-state index contributed by atoms with van der Waals surface area (Å²) in [6.07, 6.45) is 1.81. The number of pyridine rings is 1. The van der Waals surface area contributed by atoms with Gasteiger partial charge in [0.1, 0.15) is 17.4 Å². The monoisotopic (exact) mass is 365 g/mol. The third kappa shape index (κ3) is 4.02. The smallest absolute Gasteiger partial charge is 0.305 e. The average Bonchev–Trinajstić information content (AvgIpc) is 3.01. The molecule has 5 nitrogen and oxygen atoms in total. The fourth-order valence-electron chi connectivity index (χ4n) is 3.38. The number of esters is 1. The predicted molar refractivity (Wildman–Crippen MR) is 107 cm³/mol. The maximum absolute atomic E-state index is 11.4. The minimum atomic E-state index is -0.159. The highest BCUT2D eigenvalue weighted by atomic mass is 16.5. The maximum atomic E-state index is 11.4. The van der Waals surface area contributed by atoms with E-state index in [4.69, 9.17) is 14.7 Å². The lowest BCUT2D eigenvalue weighted by Crippen LogP contribution is -2.16. The van der Waals surface area contributed by atoms with Gasteiger partial charge >= 0.3 is 5.97 Å². The maximum Gasteiger partial charge on any atom is 0.305 e. The molecule has 2 heterocycles. The fraction of sp³-hybridized carbons (Fsp3) is 0.409. The number of imidazole rings is 1. The van der Waals surface area contributed by atoms with Gasteiger partial charge in [-0.25, -0.2) is 9.97 Å². The van der Waals surface area contributed by atoms with Crippen LogP contribution in [0.25, 0.3) is 16.9 Å². The molecule has 142 valence electrons. The third-order valence-electron chi connectivity index (χ3n) is 4.66. The number of rotatable bonds is 6. The van der Waals surface area contributed by atoms with Gasteiger partial charge in [0.15, 0.2) is 5.65 Å². The van der Waals surface area contributed by atoms with Gasteiger partial charge in [0.2, 0.25) is 0 Å². The number of aryl methyl sites for hydroxylation is 3. The summed E-state index contributed by atoms with van der Waals surface area (Å²) in [4.78, 5) is 21.0. The van der Waals surface area contributed by atoms with Crippen molar-refractivity contribution < 1.29 is 9.53 Å². The van der Waals surface area contributed by atoms with E-state index in [2.05, 4.69) is 48.7 Å². The van der Waals surface area contributed by atoms with Gasteiger partial charge in [-0.1, -0.05) is 26.0 Å². The standard InChI is InChI=1S/C22H27N3O2/c1-6-19-24-21-14(3)12-15(4)23-22(21)25(19)18-10-8-17(9-11-18)13-16(5)27-20(26)7-2/h8-12,16H,6-7,13H2,1-5H3. The Bertz CT molecular complexity index is 958. The fourth-order valence-corrected chi connectivity index (χ4v) is 3.38. The first-order chi connectivity index (χ1) is 12.9. The van der Waals surface area contributed by atoms with Crippen molar-refractivity contribution >= 4 is 17.1 Å². The van der Waals surface area contributed by atoms with Crippen LogP contribution in [-0.4, -0.2) is 26.6 Å². The minimum Gasteiger partial charge on any atom is -0.462 e. The highest BCUT2D eigenvalue weighted by Crippen LogP contribution is 2.24. The van der Waals surface area contributed by atoms with E-state index >= 15 is 0 Å². The summed E-state index contributed by atoms with van der Waals surface area (Å²) in [6, 6.07) is 10.4. The lowest BCUT2D eigenvalue weighted by molar-refractivity contribution is -0.147. The highest BCUT2D eigenvalue weighted by Gasteiger charge is 2.15. The quantitative estimate of drug-likeness (QED) is 0.604. The molecule has 1 atom stereocenters. The van der Waals surface area contributed by atoms with Gasteiger partial charge in [-0.2, -0.15) is 0 Å². The van der Waals surface area contributed by atoms with E-state index in [-0.39, 0.29) is 12.1 Å². The number of ether oxygens (including phenoxy) is 1. The largest absolute Gasteiger partial charge is 0.462 e. The molecule has 0 radical (unpaired) electrons. The zero-order chi connectivity index (χ0) is 19.6. The molecule has 1 unspecified atom stereocenters. The van der Waals surface area contributed by atoms with Crippen LogP contribution in [0.15, 0.2) is 30.3 Å². The zero-order valence-corrected chi connectivity index (χ0v) is 16.7. The van der Waals surface area contributed by atoms with Crippen LogP contribution in [0.3, 0.4) is 0 Å². The van der Waals surface area contributed by atoms with E-state index in [9.17, 15) is 4.79 Å². The Morgan fingerprint density at radius 1 is 1.15 bits per heavy atom. The molecule has 0 saturated carbocycles. The molecule has 1 aromatic carbocycles. The second kappa shape index (κ2) is 7.91. The number of nitrogens with zero attached hydrogens (tertiary/aromatic N) is 3. The highest BCUT2D eigenvalue weighted by molar-refractivity contribution is 5.78. The molecule has 0 spiro atoms. The second-order valence-electron chi connectivity index (χ2n) is 6.99. The number of hydrogen-bond acceptors (Lipinski definition) is 4. The molecule has 0 amide bonds. The third-order valence-corrected chi connectivity index (χ3v) is 4.66. The van der Waals surface area contributed by atoms with Gasteiger partial charge in [0.25, 0.3) is 0 Å². The summed E-state index contributed by atoms with van der Waals surface area (Å²) >= 11 is 0. The van der Waals surface area contributed by atoms with Gasteiger partial charge in [0, 0.05) is 30.6 Å². The molecular weight excluding hydrogens is 338 g/mol. The molecule has 3 rings (SSSR count). The molecule has 0 bridgehead atoms. The van der Waals surface area contributed by atoms with Crippen LogP contribution in [0.4, 0.5) is 0 Å². The van der Waals surface area contributed by atoms with E-state index in [1.54, 1.807) is 0 Å². The topological polar surface area (TPSA) is 57.0 Å². The SMILES string of the molecule is CCC(=O)OC(C)Cc1ccc(-n2c(CC)nc3c(C)cc(C)nc32)cc1. The molecular formula is C22H27N3O2. The molecule has 3 aromatic rings. The van der Waals surface area contributed by atoms with Gasteiger partial charge in [-0.3, -0.25) is 9.36 Å². The number of carbonyl (C=O) groups is 1. The Morgan fingerprint density at radius 2 is 1.85 bits per heavy atom. The summed E-state index contributed by atoms with van der Waals surface area (Å²) in [5, 5.41) is 0. The van der Waals surface area contributed by atoms with E-state index in [1.807, 2.05) is 20.8 Å². The van der Waals surface area contributed by atoms with Crippen molar-refractivity contribution in [1.29, 1.82) is 0 Å². The predicted octanol–water partition coefficient (Wildman–Crippen LogP) is 4.48. The van der Waals surface area contributed by atoms with E-state index < -0.39 is 0 Å². The van der Waals surface area contributed by atoms with Crippen molar-refractivity contribution in [2.75, 3.05) is 0 Å². The molecule has 5 heteroatoms. The summed E-state index contributed by atoms with van der Waals surface area (Å²) < 4.78 is 7.50. The molecule has 0 aliphatic heterocycles. The first-order valence-electron chi connectivity index (χ1n) is 9.57. The van der Waals surface area contributed by atoms with Crippen LogP contribution in [0.5, 0.6) is 0 Å². The van der Waals surface area contributed by atoms with Gasteiger partial charge < -0.3 is 4.74 Å². The molecule has 0 saturated heterocycles. The lowest BCUT2D eigenvalue weighted by atomic mass is 10.1. The number of carbonyl (C=O) groups excluding carboxylic acids is 1. The second-order valence-corrected chi connectivity index (χ2v) is 6.99. The normalized spacial score (nSPS) is 12.3. The number of fused-ring (bicyclic) bond motifs is 1. The molecule has 0 aliphatic rings.